The van der Waals surface area contributed by atoms with E-state index in [1.54, 1.807) is 42.6 Å². The number of aromatic nitrogens is 1. The Morgan fingerprint density at radius 3 is 2.35 bits per heavy atom. The van der Waals surface area contributed by atoms with Gasteiger partial charge in [-0.05, 0) is 30.3 Å². The number of hydrogen-bond acceptors (Lipinski definition) is 3. The molecule has 4 nitrogen and oxygen atoms in total. The topological polar surface area (TPSA) is 68.0 Å². The maximum Gasteiger partial charge on any atom is 0.257 e. The molecule has 0 aliphatic carbocycles. The van der Waals surface area contributed by atoms with Crippen LogP contribution in [0.2, 0.25) is 0 Å². The van der Waals surface area contributed by atoms with Gasteiger partial charge in [0.1, 0.15) is 0 Å². The highest BCUT2D eigenvalue weighted by Gasteiger charge is 2.05. The van der Waals surface area contributed by atoms with E-state index in [0.29, 0.717) is 16.9 Å². The van der Waals surface area contributed by atoms with E-state index >= 15 is 0 Å². The first-order chi connectivity index (χ1) is 9.75. The molecule has 20 heavy (non-hydrogen) atoms. The molecule has 1 amide bonds. The fourth-order valence-corrected chi connectivity index (χ4v) is 1.32. The van der Waals surface area contributed by atoms with Crippen LogP contribution in [0.15, 0.2) is 48.8 Å². The summed E-state index contributed by atoms with van der Waals surface area (Å²) >= 11 is 0. The number of anilines is 2. The molecule has 1 aromatic heterocycles. The Hall–Kier alpha value is -2.36. The maximum absolute atomic E-state index is 11.7. The van der Waals surface area contributed by atoms with Crippen LogP contribution in [0, 0.1) is 0 Å². The molecule has 0 radical (unpaired) electrons. The van der Waals surface area contributed by atoms with Crippen molar-refractivity contribution in [3.63, 3.8) is 0 Å². The Labute approximate surface area is 121 Å². The summed E-state index contributed by atoms with van der Waals surface area (Å²) in [5, 5.41) is 2.74. The predicted octanol–water partition coefficient (Wildman–Crippen LogP) is 3.97. The zero-order chi connectivity index (χ0) is 15.4. The number of nitrogens with one attached hydrogen (secondary N) is 1. The third kappa shape index (κ3) is 6.00. The van der Waals surface area contributed by atoms with Gasteiger partial charge in [-0.3, -0.25) is 9.78 Å². The fourth-order valence-electron chi connectivity index (χ4n) is 1.32. The van der Waals surface area contributed by atoms with E-state index in [4.69, 9.17) is 5.73 Å². The van der Waals surface area contributed by atoms with Crippen molar-refractivity contribution in [2.75, 3.05) is 11.1 Å². The highest BCUT2D eigenvalue weighted by Crippen LogP contribution is 2.12. The van der Waals surface area contributed by atoms with Gasteiger partial charge in [0.05, 0.1) is 5.56 Å². The molecule has 3 N–H and O–H groups in total. The summed E-state index contributed by atoms with van der Waals surface area (Å²) in [5.41, 5.74) is 7.42. The van der Waals surface area contributed by atoms with E-state index in [1.165, 1.54) is 6.20 Å². The number of benzene rings is 1. The van der Waals surface area contributed by atoms with Gasteiger partial charge in [0.25, 0.3) is 5.91 Å². The molecule has 2 aromatic rings. The molecule has 0 saturated carbocycles. The van der Waals surface area contributed by atoms with Crippen molar-refractivity contribution >= 4 is 17.3 Å². The standard InChI is InChI=1S/C12H11N3O.2C2H6/c13-10-4-1-5-11(7-10)15-12(16)9-3-2-6-14-8-9;2*1-2/h1-8H,13H2,(H,15,16);2*1-2H3. The van der Waals surface area contributed by atoms with Crippen LogP contribution in [-0.4, -0.2) is 10.9 Å². The lowest BCUT2D eigenvalue weighted by molar-refractivity contribution is 0.102. The molecule has 0 atom stereocenters. The highest BCUT2D eigenvalue weighted by atomic mass is 16.1. The third-order valence-corrected chi connectivity index (χ3v) is 2.07. The second kappa shape index (κ2) is 10.6. The van der Waals surface area contributed by atoms with Gasteiger partial charge >= 0.3 is 0 Å². The van der Waals surface area contributed by atoms with Crippen molar-refractivity contribution in [3.05, 3.63) is 54.4 Å². The maximum atomic E-state index is 11.7. The van der Waals surface area contributed by atoms with Gasteiger partial charge in [0.2, 0.25) is 0 Å². The van der Waals surface area contributed by atoms with Gasteiger partial charge in [-0.2, -0.15) is 0 Å². The van der Waals surface area contributed by atoms with Crippen LogP contribution >= 0.6 is 0 Å². The monoisotopic (exact) mass is 273 g/mol. The molecule has 2 rings (SSSR count). The Kier molecular flexibility index (Phi) is 9.31. The molecule has 0 fully saturated rings. The molecule has 4 heteroatoms. The molecule has 108 valence electrons. The van der Waals surface area contributed by atoms with Crippen LogP contribution in [0.4, 0.5) is 11.4 Å². The fraction of sp³-hybridized carbons (Fsp3) is 0.250. The lowest BCUT2D eigenvalue weighted by Gasteiger charge is -2.05. The molecule has 1 heterocycles. The van der Waals surface area contributed by atoms with Crippen molar-refractivity contribution in [2.24, 2.45) is 0 Å². The third-order valence-electron chi connectivity index (χ3n) is 2.07. The minimum atomic E-state index is -0.196. The first-order valence-corrected chi connectivity index (χ1v) is 6.82. The van der Waals surface area contributed by atoms with Crippen molar-refractivity contribution < 1.29 is 4.79 Å². The number of hydrogen-bond donors (Lipinski definition) is 2. The highest BCUT2D eigenvalue weighted by molar-refractivity contribution is 6.04. The van der Waals surface area contributed by atoms with E-state index in [0.717, 1.165) is 0 Å². The summed E-state index contributed by atoms with van der Waals surface area (Å²) in [7, 11) is 0. The minimum absolute atomic E-state index is 0.196. The summed E-state index contributed by atoms with van der Waals surface area (Å²) in [6.45, 7) is 8.00. The number of carbonyl (C=O) groups excluding carboxylic acids is 1. The Morgan fingerprint density at radius 1 is 1.10 bits per heavy atom. The molecule has 0 spiro atoms. The average molecular weight is 273 g/mol. The quantitative estimate of drug-likeness (QED) is 0.813. The van der Waals surface area contributed by atoms with Gasteiger partial charge in [-0.1, -0.05) is 33.8 Å². The summed E-state index contributed by atoms with van der Waals surface area (Å²) in [6, 6.07) is 10.5. The van der Waals surface area contributed by atoms with Gasteiger partial charge in [-0.25, -0.2) is 0 Å². The zero-order valence-corrected chi connectivity index (χ0v) is 12.6. The van der Waals surface area contributed by atoms with Crippen molar-refractivity contribution in [1.82, 2.24) is 4.98 Å². The summed E-state index contributed by atoms with van der Waals surface area (Å²) < 4.78 is 0. The van der Waals surface area contributed by atoms with Crippen molar-refractivity contribution in [2.45, 2.75) is 27.7 Å². The number of rotatable bonds is 2. The number of carbonyl (C=O) groups is 1. The van der Waals surface area contributed by atoms with Crippen LogP contribution in [0.1, 0.15) is 38.1 Å². The molecular formula is C16H23N3O. The van der Waals surface area contributed by atoms with Crippen LogP contribution in [0.5, 0.6) is 0 Å². The van der Waals surface area contributed by atoms with E-state index < -0.39 is 0 Å². The summed E-state index contributed by atoms with van der Waals surface area (Å²) in [4.78, 5) is 15.6. The Morgan fingerprint density at radius 2 is 1.80 bits per heavy atom. The first-order valence-electron chi connectivity index (χ1n) is 6.82. The van der Waals surface area contributed by atoms with Gasteiger partial charge in [0.15, 0.2) is 0 Å². The largest absolute Gasteiger partial charge is 0.399 e. The number of nitrogens with two attached hydrogens (primary N) is 1. The van der Waals surface area contributed by atoms with E-state index in [1.807, 2.05) is 27.7 Å². The zero-order valence-electron chi connectivity index (χ0n) is 12.6. The second-order valence-corrected chi connectivity index (χ2v) is 3.32. The summed E-state index contributed by atoms with van der Waals surface area (Å²) in [6.07, 6.45) is 3.14. The lowest BCUT2D eigenvalue weighted by Crippen LogP contribution is -2.12. The van der Waals surface area contributed by atoms with Gasteiger partial charge < -0.3 is 11.1 Å². The molecule has 1 aromatic carbocycles. The predicted molar refractivity (Wildman–Crippen MR) is 85.7 cm³/mol. The SMILES string of the molecule is CC.CC.Nc1cccc(NC(=O)c2cccnc2)c1. The molecule has 0 bridgehead atoms. The Bertz CT molecular complexity index is 498. The molecule has 0 unspecified atom stereocenters. The van der Waals surface area contributed by atoms with Crippen LogP contribution in [0.25, 0.3) is 0 Å². The second-order valence-electron chi connectivity index (χ2n) is 3.32. The van der Waals surface area contributed by atoms with Gasteiger partial charge in [-0.15, -0.1) is 0 Å². The van der Waals surface area contributed by atoms with E-state index in [2.05, 4.69) is 10.3 Å². The normalized spacial score (nSPS) is 8.40. The average Bonchev–Trinajstić information content (AvgIpc) is 2.52. The molecule has 0 aliphatic heterocycles. The van der Waals surface area contributed by atoms with Crippen LogP contribution in [-0.2, 0) is 0 Å². The molecular weight excluding hydrogens is 250 g/mol. The Balaban J connectivity index is 0.000000829. The van der Waals surface area contributed by atoms with Crippen LogP contribution < -0.4 is 11.1 Å². The van der Waals surface area contributed by atoms with E-state index in [9.17, 15) is 4.79 Å². The number of amides is 1. The van der Waals surface area contributed by atoms with Crippen molar-refractivity contribution in [1.29, 1.82) is 0 Å². The summed E-state index contributed by atoms with van der Waals surface area (Å²) in [5.74, 6) is -0.196. The smallest absolute Gasteiger partial charge is 0.257 e. The van der Waals surface area contributed by atoms with Crippen molar-refractivity contribution in [3.8, 4) is 0 Å². The molecule has 0 aliphatic rings. The first kappa shape index (κ1) is 17.6. The lowest BCUT2D eigenvalue weighted by atomic mass is 10.2. The number of nitrogens with zero attached hydrogens (tertiary/aromatic N) is 1. The van der Waals surface area contributed by atoms with E-state index in [-0.39, 0.29) is 5.91 Å². The number of nitrogen functional groups attached to an aromatic ring is 1. The van der Waals surface area contributed by atoms with Crippen LogP contribution in [0.3, 0.4) is 0 Å². The molecule has 0 saturated heterocycles. The van der Waals surface area contributed by atoms with Gasteiger partial charge in [0, 0.05) is 23.8 Å². The number of pyridine rings is 1. The minimum Gasteiger partial charge on any atom is -0.399 e.